The summed E-state index contributed by atoms with van der Waals surface area (Å²) in [5, 5.41) is 3.94. The van der Waals surface area contributed by atoms with Crippen molar-refractivity contribution in [2.45, 2.75) is 32.7 Å². The van der Waals surface area contributed by atoms with Gasteiger partial charge in [-0.1, -0.05) is 48.5 Å². The molecule has 1 amide bonds. The normalized spacial score (nSPS) is 15.5. The summed E-state index contributed by atoms with van der Waals surface area (Å²) in [6.45, 7) is 4.02. The highest BCUT2D eigenvalue weighted by molar-refractivity contribution is 6.08. The Morgan fingerprint density at radius 3 is 2.59 bits per heavy atom. The van der Waals surface area contributed by atoms with Crippen LogP contribution in [-0.2, 0) is 11.3 Å². The van der Waals surface area contributed by atoms with Gasteiger partial charge in [-0.15, -0.1) is 0 Å². The number of hydrogen-bond donors (Lipinski definition) is 3. The Kier molecular flexibility index (Phi) is 6.20. The van der Waals surface area contributed by atoms with Gasteiger partial charge in [-0.25, -0.2) is 14.8 Å². The molecule has 196 valence electrons. The molecule has 3 N–H and O–H groups in total. The molecule has 10 nitrogen and oxygen atoms in total. The maximum atomic E-state index is 13.7. The first-order valence-electron chi connectivity index (χ1n) is 12.6. The minimum absolute atomic E-state index is 0.110. The number of rotatable bonds is 7. The second-order valence-electron chi connectivity index (χ2n) is 9.44. The van der Waals surface area contributed by atoms with E-state index >= 15 is 0 Å². The molecule has 1 unspecified atom stereocenters. The first-order valence-corrected chi connectivity index (χ1v) is 12.6. The van der Waals surface area contributed by atoms with Gasteiger partial charge in [-0.05, 0) is 43.2 Å². The molecule has 4 heterocycles. The van der Waals surface area contributed by atoms with Crippen LogP contribution in [0.3, 0.4) is 0 Å². The quantitative estimate of drug-likeness (QED) is 0.271. The van der Waals surface area contributed by atoms with E-state index in [1.807, 2.05) is 86.8 Å². The molecule has 0 radical (unpaired) electrons. The van der Waals surface area contributed by atoms with Crippen LogP contribution in [0.15, 0.2) is 85.5 Å². The van der Waals surface area contributed by atoms with Crippen molar-refractivity contribution in [1.29, 1.82) is 0 Å². The first-order chi connectivity index (χ1) is 19.0. The molecule has 1 aliphatic heterocycles. The first kappa shape index (κ1) is 24.2. The lowest BCUT2D eigenvalue weighted by atomic mass is 10.1. The van der Waals surface area contributed by atoms with Gasteiger partial charge < -0.3 is 20.5 Å². The predicted molar refractivity (Wildman–Crippen MR) is 148 cm³/mol. The number of nitrogens with one attached hydrogen (secondary N) is 3. The van der Waals surface area contributed by atoms with E-state index in [1.54, 1.807) is 15.8 Å². The van der Waals surface area contributed by atoms with E-state index in [4.69, 9.17) is 4.74 Å². The number of aromatic nitrogens is 4. The van der Waals surface area contributed by atoms with E-state index in [0.717, 1.165) is 16.8 Å². The van der Waals surface area contributed by atoms with Gasteiger partial charge in [0.15, 0.2) is 0 Å². The lowest BCUT2D eigenvalue weighted by molar-refractivity contribution is 0.0475. The number of anilines is 2. The summed E-state index contributed by atoms with van der Waals surface area (Å²) in [7, 11) is 0. The molecule has 39 heavy (non-hydrogen) atoms. The van der Waals surface area contributed by atoms with E-state index in [1.165, 1.54) is 6.33 Å². The molecule has 0 bridgehead atoms. The number of para-hydroxylation sites is 1. The molecule has 0 saturated carbocycles. The Balaban J connectivity index is 1.31. The van der Waals surface area contributed by atoms with Crippen molar-refractivity contribution in [1.82, 2.24) is 19.6 Å². The smallest absolute Gasteiger partial charge is 0.340 e. The Labute approximate surface area is 224 Å². The van der Waals surface area contributed by atoms with Crippen LogP contribution in [0, 0.1) is 6.92 Å². The maximum Gasteiger partial charge on any atom is 0.340 e. The van der Waals surface area contributed by atoms with Crippen molar-refractivity contribution in [3.8, 4) is 0 Å². The van der Waals surface area contributed by atoms with Crippen LogP contribution in [-0.4, -0.2) is 43.7 Å². The largest absolute Gasteiger partial charge is 0.457 e. The summed E-state index contributed by atoms with van der Waals surface area (Å²) >= 11 is 0. The molecular weight excluding hydrogens is 494 g/mol. The Bertz CT molecular complexity index is 1650. The number of nitrogens with zero attached hydrogens (tertiary/aromatic N) is 4. The standard InChI is InChI=1S/C29H27N7O3/c1-18-13-14-35-24(18)28(37)36(21-11-7-4-8-12-21)27(34-35)19(2)33-26-23-22(15-30-25(23)31-17-32-26)29(38)39-16-20-9-5-3-6-10-20/h3-15,17,19,27,34H,16H2,1-2H3,(H2,30,31,32,33)/t19-,27?/m0/s1. The summed E-state index contributed by atoms with van der Waals surface area (Å²) in [6, 6.07) is 20.6. The molecule has 10 heteroatoms. The van der Waals surface area contributed by atoms with Crippen molar-refractivity contribution < 1.29 is 14.3 Å². The number of aryl methyl sites for hydroxylation is 1. The molecule has 1 aliphatic rings. The topological polar surface area (TPSA) is 117 Å². The molecule has 0 saturated heterocycles. The third-order valence-electron chi connectivity index (χ3n) is 6.83. The second-order valence-corrected chi connectivity index (χ2v) is 9.44. The average Bonchev–Trinajstić information content (AvgIpc) is 3.57. The van der Waals surface area contributed by atoms with Gasteiger partial charge in [0.2, 0.25) is 0 Å². The lowest BCUT2D eigenvalue weighted by Gasteiger charge is -2.41. The average molecular weight is 522 g/mol. The van der Waals surface area contributed by atoms with Gasteiger partial charge in [0.25, 0.3) is 5.91 Å². The van der Waals surface area contributed by atoms with Gasteiger partial charge in [-0.3, -0.25) is 14.4 Å². The zero-order valence-electron chi connectivity index (χ0n) is 21.5. The summed E-state index contributed by atoms with van der Waals surface area (Å²) in [5.74, 6) is -0.141. The van der Waals surface area contributed by atoms with Crippen LogP contribution in [0.25, 0.3) is 11.0 Å². The van der Waals surface area contributed by atoms with Crippen LogP contribution in [0.5, 0.6) is 0 Å². The number of carbonyl (C=O) groups excluding carboxylic acids is 2. The molecule has 2 atom stereocenters. The highest BCUT2D eigenvalue weighted by Gasteiger charge is 2.37. The van der Waals surface area contributed by atoms with Crippen molar-refractivity contribution in [2.24, 2.45) is 0 Å². The zero-order valence-corrected chi connectivity index (χ0v) is 21.5. The van der Waals surface area contributed by atoms with Crippen LogP contribution in [0.1, 0.15) is 38.9 Å². The fourth-order valence-corrected chi connectivity index (χ4v) is 4.88. The number of aromatic amines is 1. The SMILES string of the molecule is Cc1ccn2c1C(=O)N(c1ccccc1)C([C@H](C)Nc1ncnc3[nH]cc(C(=O)OCc4ccccc4)c13)N2. The Morgan fingerprint density at radius 1 is 1.08 bits per heavy atom. The van der Waals surface area contributed by atoms with Crippen molar-refractivity contribution in [3.63, 3.8) is 0 Å². The number of esters is 1. The van der Waals surface area contributed by atoms with Crippen LogP contribution < -0.4 is 15.6 Å². The van der Waals surface area contributed by atoms with Crippen molar-refractivity contribution in [3.05, 3.63) is 108 Å². The van der Waals surface area contributed by atoms with E-state index < -0.39 is 12.1 Å². The van der Waals surface area contributed by atoms with E-state index in [0.29, 0.717) is 28.1 Å². The van der Waals surface area contributed by atoms with Crippen molar-refractivity contribution in [2.75, 3.05) is 15.6 Å². The number of hydrogen-bond acceptors (Lipinski definition) is 7. The summed E-state index contributed by atoms with van der Waals surface area (Å²) in [6.07, 6.45) is 4.38. The fourth-order valence-electron chi connectivity index (χ4n) is 4.88. The van der Waals surface area contributed by atoms with E-state index in [9.17, 15) is 9.59 Å². The third kappa shape index (κ3) is 4.46. The molecule has 0 spiro atoms. The summed E-state index contributed by atoms with van der Waals surface area (Å²) in [5.41, 5.74) is 7.40. The summed E-state index contributed by atoms with van der Waals surface area (Å²) < 4.78 is 7.34. The predicted octanol–water partition coefficient (Wildman–Crippen LogP) is 4.46. The highest BCUT2D eigenvalue weighted by Crippen LogP contribution is 2.29. The molecule has 2 aromatic carbocycles. The number of fused-ring (bicyclic) bond motifs is 2. The summed E-state index contributed by atoms with van der Waals surface area (Å²) in [4.78, 5) is 40.3. The minimum Gasteiger partial charge on any atom is -0.457 e. The maximum absolute atomic E-state index is 13.7. The third-order valence-corrected chi connectivity index (χ3v) is 6.83. The lowest BCUT2D eigenvalue weighted by Crippen LogP contribution is -2.59. The van der Waals surface area contributed by atoms with Gasteiger partial charge in [-0.2, -0.15) is 0 Å². The second kappa shape index (κ2) is 9.97. The zero-order chi connectivity index (χ0) is 26.9. The molecule has 3 aromatic heterocycles. The number of benzene rings is 2. The van der Waals surface area contributed by atoms with Crippen LogP contribution >= 0.6 is 0 Å². The van der Waals surface area contributed by atoms with Gasteiger partial charge in [0.05, 0.1) is 17.0 Å². The number of amides is 1. The fraction of sp³-hybridized carbons (Fsp3) is 0.172. The molecule has 6 rings (SSSR count). The van der Waals surface area contributed by atoms with E-state index in [-0.39, 0.29) is 18.6 Å². The van der Waals surface area contributed by atoms with Gasteiger partial charge in [0, 0.05) is 18.1 Å². The van der Waals surface area contributed by atoms with Gasteiger partial charge >= 0.3 is 5.97 Å². The minimum atomic E-state index is -0.486. The van der Waals surface area contributed by atoms with Crippen LogP contribution in [0.2, 0.25) is 0 Å². The Morgan fingerprint density at radius 2 is 1.82 bits per heavy atom. The van der Waals surface area contributed by atoms with Crippen LogP contribution in [0.4, 0.5) is 11.5 Å². The molecule has 5 aromatic rings. The number of carbonyl (C=O) groups is 2. The Hall–Kier alpha value is -5.12. The van der Waals surface area contributed by atoms with E-state index in [2.05, 4.69) is 25.7 Å². The number of H-pyrrole nitrogens is 1. The number of ether oxygens (including phenoxy) is 1. The van der Waals surface area contributed by atoms with Crippen molar-refractivity contribution >= 4 is 34.4 Å². The molecule has 0 aliphatic carbocycles. The monoisotopic (exact) mass is 521 g/mol. The highest BCUT2D eigenvalue weighted by atomic mass is 16.5. The molecule has 0 fully saturated rings. The van der Waals surface area contributed by atoms with Gasteiger partial charge in [0.1, 0.15) is 36.3 Å². The molecular formula is C29H27N7O3.